The molecular weight excluding hydrogens is 292 g/mol. The first-order chi connectivity index (χ1) is 11.0. The van der Waals surface area contributed by atoms with Crippen LogP contribution in [0.5, 0.6) is 0 Å². The number of carbonyl (C=O) groups is 1. The number of hydrogen-bond donors (Lipinski definition) is 2. The second-order valence-electron chi connectivity index (χ2n) is 6.66. The summed E-state index contributed by atoms with van der Waals surface area (Å²) in [7, 11) is 0. The van der Waals surface area contributed by atoms with E-state index in [0.29, 0.717) is 5.82 Å². The summed E-state index contributed by atoms with van der Waals surface area (Å²) in [5.74, 6) is 0.698. The van der Waals surface area contributed by atoms with E-state index in [1.165, 1.54) is 0 Å². The largest absolute Gasteiger partial charge is 0.325 e. The molecule has 0 spiro atoms. The van der Waals surface area contributed by atoms with Crippen molar-refractivity contribution in [3.8, 4) is 5.69 Å². The van der Waals surface area contributed by atoms with E-state index in [1.54, 1.807) is 4.68 Å². The van der Waals surface area contributed by atoms with Crippen LogP contribution in [-0.4, -0.2) is 38.7 Å². The minimum absolute atomic E-state index is 0.000266. The molecule has 0 saturated carbocycles. The van der Waals surface area contributed by atoms with Crippen LogP contribution in [0.3, 0.4) is 0 Å². The number of anilines is 1. The molecule has 0 aliphatic carbocycles. The number of piperidine rings is 1. The zero-order chi connectivity index (χ0) is 16.4. The molecule has 122 valence electrons. The highest BCUT2D eigenvalue weighted by Gasteiger charge is 2.37. The lowest BCUT2D eigenvalue weighted by atomic mass is 9.77. The van der Waals surface area contributed by atoms with Gasteiger partial charge in [0.25, 0.3) is 0 Å². The van der Waals surface area contributed by atoms with Gasteiger partial charge in [0.05, 0.1) is 11.7 Å². The Kier molecular flexibility index (Phi) is 4.12. The van der Waals surface area contributed by atoms with Crippen molar-refractivity contribution in [1.29, 1.82) is 0 Å². The molecule has 7 heteroatoms. The molecule has 1 unspecified atom stereocenters. The summed E-state index contributed by atoms with van der Waals surface area (Å²) in [6.07, 6.45) is 2.15. The summed E-state index contributed by atoms with van der Waals surface area (Å²) >= 11 is 0. The van der Waals surface area contributed by atoms with Crippen LogP contribution in [0.15, 0.2) is 24.3 Å². The monoisotopic (exact) mass is 314 g/mol. The van der Waals surface area contributed by atoms with Crippen molar-refractivity contribution in [2.75, 3.05) is 11.9 Å². The van der Waals surface area contributed by atoms with Gasteiger partial charge in [-0.25, -0.2) is 0 Å². The van der Waals surface area contributed by atoms with Crippen molar-refractivity contribution < 1.29 is 4.79 Å². The fourth-order valence-corrected chi connectivity index (χ4v) is 3.06. The number of aryl methyl sites for hydroxylation is 1. The van der Waals surface area contributed by atoms with Gasteiger partial charge in [0.1, 0.15) is 0 Å². The van der Waals surface area contributed by atoms with Crippen LogP contribution in [0.2, 0.25) is 0 Å². The number of tetrazole rings is 1. The Morgan fingerprint density at radius 1 is 1.43 bits per heavy atom. The Labute approximate surface area is 135 Å². The maximum Gasteiger partial charge on any atom is 0.242 e. The lowest BCUT2D eigenvalue weighted by molar-refractivity contribution is -0.121. The number of nitrogens with zero attached hydrogens (tertiary/aromatic N) is 4. The van der Waals surface area contributed by atoms with E-state index in [0.717, 1.165) is 30.8 Å². The molecule has 1 aliphatic rings. The maximum absolute atomic E-state index is 12.6. The average molecular weight is 314 g/mol. The second kappa shape index (κ2) is 6.08. The smallest absolute Gasteiger partial charge is 0.242 e. The summed E-state index contributed by atoms with van der Waals surface area (Å²) < 4.78 is 1.64. The summed E-state index contributed by atoms with van der Waals surface area (Å²) in [6.45, 7) is 6.97. The minimum Gasteiger partial charge on any atom is -0.325 e. The van der Waals surface area contributed by atoms with Crippen molar-refractivity contribution in [3.05, 3.63) is 30.1 Å². The van der Waals surface area contributed by atoms with Gasteiger partial charge < -0.3 is 10.6 Å². The van der Waals surface area contributed by atoms with Crippen LogP contribution in [0.1, 0.15) is 32.5 Å². The molecular formula is C16H22N6O. The number of hydrogen-bond acceptors (Lipinski definition) is 5. The van der Waals surface area contributed by atoms with Crippen LogP contribution >= 0.6 is 0 Å². The predicted molar refractivity (Wildman–Crippen MR) is 87.3 cm³/mol. The third-order valence-corrected chi connectivity index (χ3v) is 4.37. The Morgan fingerprint density at radius 3 is 2.96 bits per heavy atom. The molecule has 3 rings (SSSR count). The molecule has 1 aromatic heterocycles. The first-order valence-electron chi connectivity index (χ1n) is 7.87. The van der Waals surface area contributed by atoms with Gasteiger partial charge in [0, 0.05) is 5.69 Å². The van der Waals surface area contributed by atoms with Crippen molar-refractivity contribution in [2.24, 2.45) is 5.41 Å². The predicted octanol–water partition coefficient (Wildman–Crippen LogP) is 1.69. The fourth-order valence-electron chi connectivity index (χ4n) is 3.06. The van der Waals surface area contributed by atoms with E-state index in [9.17, 15) is 4.79 Å². The normalized spacial score (nSPS) is 20.2. The molecule has 1 saturated heterocycles. The highest BCUT2D eigenvalue weighted by molar-refractivity contribution is 5.95. The van der Waals surface area contributed by atoms with Crippen LogP contribution < -0.4 is 10.6 Å². The Balaban J connectivity index is 1.78. The summed E-state index contributed by atoms with van der Waals surface area (Å²) in [5.41, 5.74) is 1.51. The van der Waals surface area contributed by atoms with E-state index in [1.807, 2.05) is 31.2 Å². The maximum atomic E-state index is 12.6. The highest BCUT2D eigenvalue weighted by Crippen LogP contribution is 2.30. The van der Waals surface area contributed by atoms with Crippen LogP contribution in [-0.2, 0) is 4.79 Å². The summed E-state index contributed by atoms with van der Waals surface area (Å²) in [4.78, 5) is 12.6. The average Bonchev–Trinajstić information content (AvgIpc) is 2.93. The Morgan fingerprint density at radius 2 is 2.26 bits per heavy atom. The van der Waals surface area contributed by atoms with E-state index < -0.39 is 0 Å². The van der Waals surface area contributed by atoms with Gasteiger partial charge in [-0.2, -0.15) is 4.68 Å². The summed E-state index contributed by atoms with van der Waals surface area (Å²) in [6, 6.07) is 7.34. The van der Waals surface area contributed by atoms with Crippen LogP contribution in [0.25, 0.3) is 5.69 Å². The number of benzene rings is 1. The van der Waals surface area contributed by atoms with Gasteiger partial charge >= 0.3 is 0 Å². The zero-order valence-electron chi connectivity index (χ0n) is 13.7. The number of rotatable bonds is 3. The Hall–Kier alpha value is -2.28. The SMILES string of the molecule is Cc1nnnn1-c1cccc(NC(=O)C2NCCCC2(C)C)c1. The highest BCUT2D eigenvalue weighted by atomic mass is 16.2. The number of amides is 1. The van der Waals surface area contributed by atoms with Gasteiger partial charge in [-0.15, -0.1) is 5.10 Å². The molecule has 2 aromatic rings. The molecule has 1 aromatic carbocycles. The lowest BCUT2D eigenvalue weighted by Crippen LogP contribution is -2.53. The number of carbonyl (C=O) groups excluding carboxylic acids is 1. The third-order valence-electron chi connectivity index (χ3n) is 4.37. The van der Waals surface area contributed by atoms with E-state index in [-0.39, 0.29) is 17.4 Å². The Bertz CT molecular complexity index is 708. The fraction of sp³-hybridized carbons (Fsp3) is 0.500. The molecule has 2 heterocycles. The van der Waals surface area contributed by atoms with Crippen molar-refractivity contribution in [3.63, 3.8) is 0 Å². The van der Waals surface area contributed by atoms with E-state index >= 15 is 0 Å². The summed E-state index contributed by atoms with van der Waals surface area (Å²) in [5, 5.41) is 17.8. The standard InChI is InChI=1S/C16H22N6O/c1-11-19-20-21-22(11)13-7-4-6-12(10-13)18-15(23)14-16(2,3)8-5-9-17-14/h4,6-7,10,14,17H,5,8-9H2,1-3H3,(H,18,23). The first kappa shape index (κ1) is 15.6. The molecule has 1 atom stereocenters. The molecule has 0 radical (unpaired) electrons. The number of nitrogens with one attached hydrogen (secondary N) is 2. The second-order valence-corrected chi connectivity index (χ2v) is 6.66. The molecule has 1 aliphatic heterocycles. The molecule has 2 N–H and O–H groups in total. The van der Waals surface area contributed by atoms with E-state index in [2.05, 4.69) is 40.0 Å². The van der Waals surface area contributed by atoms with Gasteiger partial charge in [-0.05, 0) is 60.4 Å². The molecule has 23 heavy (non-hydrogen) atoms. The topological polar surface area (TPSA) is 84.7 Å². The van der Waals surface area contributed by atoms with E-state index in [4.69, 9.17) is 0 Å². The van der Waals surface area contributed by atoms with Gasteiger partial charge in [-0.3, -0.25) is 4.79 Å². The van der Waals surface area contributed by atoms with Gasteiger partial charge in [0.2, 0.25) is 5.91 Å². The molecule has 0 bridgehead atoms. The van der Waals surface area contributed by atoms with Crippen molar-refractivity contribution in [2.45, 2.75) is 39.7 Å². The zero-order valence-corrected chi connectivity index (χ0v) is 13.7. The first-order valence-corrected chi connectivity index (χ1v) is 7.87. The van der Waals surface area contributed by atoms with Crippen molar-refractivity contribution >= 4 is 11.6 Å². The molecule has 7 nitrogen and oxygen atoms in total. The molecule has 1 amide bonds. The van der Waals surface area contributed by atoms with Gasteiger partial charge in [-0.1, -0.05) is 19.9 Å². The van der Waals surface area contributed by atoms with Crippen LogP contribution in [0.4, 0.5) is 5.69 Å². The van der Waals surface area contributed by atoms with Crippen LogP contribution in [0, 0.1) is 12.3 Å². The van der Waals surface area contributed by atoms with Crippen molar-refractivity contribution in [1.82, 2.24) is 25.5 Å². The molecule has 1 fully saturated rings. The van der Waals surface area contributed by atoms with Gasteiger partial charge in [0.15, 0.2) is 5.82 Å². The third kappa shape index (κ3) is 3.24. The minimum atomic E-state index is -0.185. The lowest BCUT2D eigenvalue weighted by Gasteiger charge is -2.38. The number of aromatic nitrogens is 4. The quantitative estimate of drug-likeness (QED) is 0.900.